The molecule has 2 rings (SSSR count). The Labute approximate surface area is 139 Å². The molecule has 0 aromatic heterocycles. The number of ether oxygens (including phenoxy) is 1. The fourth-order valence-corrected chi connectivity index (χ4v) is 3.23. The van der Waals surface area contributed by atoms with Gasteiger partial charge in [-0.1, -0.05) is 36.1 Å². The van der Waals surface area contributed by atoms with Crippen molar-refractivity contribution in [1.29, 1.82) is 0 Å². The monoisotopic (exact) mass is 338 g/mol. The van der Waals surface area contributed by atoms with E-state index >= 15 is 0 Å². The summed E-state index contributed by atoms with van der Waals surface area (Å²) in [5.41, 5.74) is 0.338. The van der Waals surface area contributed by atoms with Gasteiger partial charge >= 0.3 is 0 Å². The molecule has 1 N–H and O–H groups in total. The van der Waals surface area contributed by atoms with Crippen LogP contribution in [0.4, 0.5) is 0 Å². The van der Waals surface area contributed by atoms with Gasteiger partial charge in [0, 0.05) is 13.1 Å². The van der Waals surface area contributed by atoms with Crippen molar-refractivity contribution in [2.24, 2.45) is 0 Å². The van der Waals surface area contributed by atoms with Gasteiger partial charge in [-0.25, -0.2) is 0 Å². The summed E-state index contributed by atoms with van der Waals surface area (Å²) in [7, 11) is 1.48. The molecule has 1 fully saturated rings. The Balaban J connectivity index is 1.83. The summed E-state index contributed by atoms with van der Waals surface area (Å²) < 4.78 is 5.83. The van der Waals surface area contributed by atoms with Crippen molar-refractivity contribution in [2.45, 2.75) is 12.8 Å². The summed E-state index contributed by atoms with van der Waals surface area (Å²) in [6.07, 6.45) is 2.28. The lowest BCUT2D eigenvalue weighted by atomic mass is 10.2. The van der Waals surface area contributed by atoms with Crippen molar-refractivity contribution in [2.75, 3.05) is 26.0 Å². The lowest BCUT2D eigenvalue weighted by Crippen LogP contribution is -2.33. The Bertz CT molecular complexity index is 572. The second-order valence-electron chi connectivity index (χ2n) is 4.83. The number of thioether (sulfide) groups is 1. The van der Waals surface area contributed by atoms with Gasteiger partial charge in [0.05, 0.1) is 18.4 Å². The van der Waals surface area contributed by atoms with Gasteiger partial charge in [0.2, 0.25) is 5.91 Å². The minimum atomic E-state index is -0.463. The van der Waals surface area contributed by atoms with Crippen LogP contribution < -0.4 is 10.1 Å². The number of nitrogens with one attached hydrogen (secondary N) is 1. The third-order valence-corrected chi connectivity index (χ3v) is 4.82. The minimum absolute atomic E-state index is 0.135. The zero-order chi connectivity index (χ0) is 15.9. The van der Waals surface area contributed by atoms with Crippen LogP contribution in [0.3, 0.4) is 0 Å². The second-order valence-corrected chi connectivity index (χ2v) is 6.44. The normalized spacial score (nSPS) is 13.8. The number of thiocarbonyl (C=S) groups is 1. The lowest BCUT2D eigenvalue weighted by Gasteiger charge is -2.17. The molecule has 118 valence electrons. The topological polar surface area (TPSA) is 58.6 Å². The number of carbonyl (C=O) groups is 2. The molecule has 0 spiro atoms. The zero-order valence-corrected chi connectivity index (χ0v) is 14.0. The largest absolute Gasteiger partial charge is 0.496 e. The number of rotatable bonds is 4. The van der Waals surface area contributed by atoms with E-state index < -0.39 is 5.91 Å². The number of likely N-dealkylation sites (tertiary alicyclic amines) is 1. The van der Waals surface area contributed by atoms with E-state index in [1.807, 2.05) is 0 Å². The molecule has 0 saturated carbocycles. The fraction of sp³-hybridized carbons (Fsp3) is 0.400. The molecule has 0 aliphatic carbocycles. The molecular formula is C15H18N2O3S2. The van der Waals surface area contributed by atoms with Crippen molar-refractivity contribution in [3.05, 3.63) is 29.8 Å². The predicted molar refractivity (Wildman–Crippen MR) is 91.3 cm³/mol. The summed E-state index contributed by atoms with van der Waals surface area (Å²) in [6, 6.07) is 6.78. The number of nitrogens with zero attached hydrogens (tertiary/aromatic N) is 1. The Morgan fingerprint density at radius 2 is 2.00 bits per heavy atom. The predicted octanol–water partition coefficient (Wildman–Crippen LogP) is 2.07. The highest BCUT2D eigenvalue weighted by Crippen LogP contribution is 2.18. The molecule has 0 unspecified atom stereocenters. The van der Waals surface area contributed by atoms with Crippen LogP contribution in [0.2, 0.25) is 0 Å². The smallest absolute Gasteiger partial charge is 0.261 e. The van der Waals surface area contributed by atoms with Gasteiger partial charge in [0.1, 0.15) is 10.1 Å². The first-order chi connectivity index (χ1) is 10.6. The van der Waals surface area contributed by atoms with Gasteiger partial charge in [-0.15, -0.1) is 0 Å². The summed E-state index contributed by atoms with van der Waals surface area (Å²) in [4.78, 5) is 26.0. The van der Waals surface area contributed by atoms with Gasteiger partial charge in [-0.2, -0.15) is 0 Å². The Kier molecular flexibility index (Phi) is 6.21. The Hall–Kier alpha value is -1.60. The number of para-hydroxylation sites is 1. The van der Waals surface area contributed by atoms with Gasteiger partial charge in [0.15, 0.2) is 0 Å². The molecule has 1 aromatic carbocycles. The van der Waals surface area contributed by atoms with E-state index in [-0.39, 0.29) is 11.7 Å². The molecule has 1 aliphatic heterocycles. The van der Waals surface area contributed by atoms with E-state index in [4.69, 9.17) is 17.0 Å². The summed E-state index contributed by atoms with van der Waals surface area (Å²) in [5.74, 6) is -0.249. The Morgan fingerprint density at radius 3 is 2.68 bits per heavy atom. The van der Waals surface area contributed by atoms with Crippen LogP contribution in [-0.4, -0.2) is 47.0 Å². The van der Waals surface area contributed by atoms with Crippen LogP contribution in [0.1, 0.15) is 23.2 Å². The molecule has 1 aromatic rings. The zero-order valence-electron chi connectivity index (χ0n) is 12.3. The van der Waals surface area contributed by atoms with E-state index in [0.717, 1.165) is 30.3 Å². The molecule has 22 heavy (non-hydrogen) atoms. The van der Waals surface area contributed by atoms with Crippen molar-refractivity contribution in [3.8, 4) is 5.75 Å². The highest BCUT2D eigenvalue weighted by Gasteiger charge is 2.18. The summed E-state index contributed by atoms with van der Waals surface area (Å²) >= 11 is 6.57. The van der Waals surface area contributed by atoms with Crippen LogP contribution in [-0.2, 0) is 4.79 Å². The molecule has 0 atom stereocenters. The molecule has 5 nitrogen and oxygen atoms in total. The summed E-state index contributed by atoms with van der Waals surface area (Å²) in [6.45, 7) is 1.90. The second kappa shape index (κ2) is 8.14. The molecule has 1 heterocycles. The molecule has 7 heteroatoms. The first-order valence-electron chi connectivity index (χ1n) is 7.00. The van der Waals surface area contributed by atoms with E-state index in [1.54, 1.807) is 24.3 Å². The maximum absolute atomic E-state index is 12.1. The lowest BCUT2D eigenvalue weighted by molar-refractivity contribution is -0.117. The van der Waals surface area contributed by atoms with Crippen molar-refractivity contribution in [1.82, 2.24) is 10.2 Å². The quantitative estimate of drug-likeness (QED) is 0.848. The number of carbonyl (C=O) groups excluding carboxylic acids is 2. The number of imide groups is 1. The number of hydrogen-bond donors (Lipinski definition) is 1. The van der Waals surface area contributed by atoms with Crippen LogP contribution in [0.25, 0.3) is 0 Å². The fourth-order valence-electron chi connectivity index (χ4n) is 2.18. The molecule has 1 saturated heterocycles. The highest BCUT2D eigenvalue weighted by atomic mass is 32.2. The van der Waals surface area contributed by atoms with Crippen LogP contribution in [0.15, 0.2) is 24.3 Å². The maximum Gasteiger partial charge on any atom is 0.261 e. The minimum Gasteiger partial charge on any atom is -0.496 e. The van der Waals surface area contributed by atoms with Crippen LogP contribution in [0, 0.1) is 0 Å². The van der Waals surface area contributed by atoms with Gasteiger partial charge in [0.25, 0.3) is 5.91 Å². The highest BCUT2D eigenvalue weighted by molar-refractivity contribution is 8.23. The van der Waals surface area contributed by atoms with Crippen LogP contribution in [0.5, 0.6) is 5.75 Å². The number of amides is 2. The number of hydrogen-bond acceptors (Lipinski definition) is 5. The first kappa shape index (κ1) is 16.8. The van der Waals surface area contributed by atoms with Gasteiger partial charge < -0.3 is 9.64 Å². The van der Waals surface area contributed by atoms with Crippen LogP contribution >= 0.6 is 24.0 Å². The van der Waals surface area contributed by atoms with Crippen molar-refractivity contribution in [3.63, 3.8) is 0 Å². The van der Waals surface area contributed by atoms with Crippen molar-refractivity contribution < 1.29 is 14.3 Å². The summed E-state index contributed by atoms with van der Waals surface area (Å²) in [5, 5.41) is 2.36. The SMILES string of the molecule is COc1ccccc1C(=O)NC(=O)CSC(=S)N1CCCC1. The standard InChI is InChI=1S/C15H18N2O3S2/c1-20-12-7-3-2-6-11(12)14(19)16-13(18)10-22-15(21)17-8-4-5-9-17/h2-3,6-7H,4-5,8-10H2,1H3,(H,16,18,19). The van der Waals surface area contributed by atoms with E-state index in [1.165, 1.54) is 18.9 Å². The van der Waals surface area contributed by atoms with Gasteiger partial charge in [-0.05, 0) is 25.0 Å². The van der Waals surface area contributed by atoms with Crippen molar-refractivity contribution >= 4 is 40.1 Å². The van der Waals surface area contributed by atoms with Gasteiger partial charge in [-0.3, -0.25) is 14.9 Å². The third-order valence-electron chi connectivity index (χ3n) is 3.30. The molecule has 1 aliphatic rings. The number of benzene rings is 1. The molecule has 0 bridgehead atoms. The maximum atomic E-state index is 12.1. The van der Waals surface area contributed by atoms with E-state index in [2.05, 4.69) is 10.2 Å². The molecule has 0 radical (unpaired) electrons. The Morgan fingerprint density at radius 1 is 1.32 bits per heavy atom. The van der Waals surface area contributed by atoms with E-state index in [0.29, 0.717) is 11.3 Å². The molecule has 2 amide bonds. The average molecular weight is 338 g/mol. The average Bonchev–Trinajstić information content (AvgIpc) is 3.07. The molecular weight excluding hydrogens is 320 g/mol. The van der Waals surface area contributed by atoms with E-state index in [9.17, 15) is 9.59 Å². The first-order valence-corrected chi connectivity index (χ1v) is 8.40. The number of methoxy groups -OCH3 is 1. The third kappa shape index (κ3) is 4.45.